The molecule has 0 radical (unpaired) electrons. The number of nitrogens with zero attached hydrogens (tertiary/aromatic N) is 1. The van der Waals surface area contributed by atoms with Crippen LogP contribution in [0.5, 0.6) is 0 Å². The first kappa shape index (κ1) is 11.4. The Labute approximate surface area is 98.8 Å². The normalized spacial score (nSPS) is 18.9. The van der Waals surface area contributed by atoms with Crippen LogP contribution in [0.2, 0.25) is 5.02 Å². The Hall–Kier alpha value is -1.13. The Morgan fingerprint density at radius 1 is 1.69 bits per heavy atom. The Morgan fingerprint density at radius 2 is 2.38 bits per heavy atom. The number of halogens is 1. The molecule has 16 heavy (non-hydrogen) atoms. The molecule has 1 aromatic heterocycles. The summed E-state index contributed by atoms with van der Waals surface area (Å²) in [7, 11) is 1.34. The van der Waals surface area contributed by atoms with Gasteiger partial charge in [-0.05, 0) is 24.5 Å². The van der Waals surface area contributed by atoms with Gasteiger partial charge in [-0.3, -0.25) is 9.78 Å². The summed E-state index contributed by atoms with van der Waals surface area (Å²) in [6.45, 7) is 0. The second kappa shape index (κ2) is 4.03. The SMILES string of the molecule is COC(=O)C(N)C1(c2ccncc2Cl)CC1. The van der Waals surface area contributed by atoms with E-state index in [4.69, 9.17) is 17.3 Å². The summed E-state index contributed by atoms with van der Waals surface area (Å²) in [5.74, 6) is -0.398. The predicted molar refractivity (Wildman–Crippen MR) is 60.2 cm³/mol. The summed E-state index contributed by atoms with van der Waals surface area (Å²) in [6, 6.07) is 1.16. The van der Waals surface area contributed by atoms with Crippen molar-refractivity contribution in [2.45, 2.75) is 24.3 Å². The Kier molecular flexibility index (Phi) is 2.86. The van der Waals surface area contributed by atoms with Gasteiger partial charge in [0.05, 0.1) is 12.1 Å². The van der Waals surface area contributed by atoms with Gasteiger partial charge >= 0.3 is 5.97 Å². The summed E-state index contributed by atoms with van der Waals surface area (Å²) in [6.07, 6.45) is 4.94. The highest BCUT2D eigenvalue weighted by Gasteiger charge is 2.53. The lowest BCUT2D eigenvalue weighted by Gasteiger charge is -2.22. The molecule has 2 N–H and O–H groups in total. The molecule has 4 nitrogen and oxygen atoms in total. The third-order valence-corrected chi connectivity index (χ3v) is 3.45. The van der Waals surface area contributed by atoms with Crippen molar-refractivity contribution in [1.82, 2.24) is 4.98 Å². The van der Waals surface area contributed by atoms with Crippen LogP contribution in [0.3, 0.4) is 0 Å². The summed E-state index contributed by atoms with van der Waals surface area (Å²) < 4.78 is 4.68. The molecule has 1 unspecified atom stereocenters. The fourth-order valence-electron chi connectivity index (χ4n) is 2.01. The zero-order valence-electron chi connectivity index (χ0n) is 8.94. The standard InChI is InChI=1S/C11H13ClN2O2/c1-16-10(15)9(13)11(3-4-11)7-2-5-14-6-8(7)12/h2,5-6,9H,3-4,13H2,1H3. The average Bonchev–Trinajstić information content (AvgIpc) is 3.09. The van der Waals surface area contributed by atoms with Gasteiger partial charge in [0, 0.05) is 17.8 Å². The Balaban J connectivity index is 2.33. The van der Waals surface area contributed by atoms with E-state index < -0.39 is 12.0 Å². The van der Waals surface area contributed by atoms with Gasteiger partial charge in [-0.25, -0.2) is 0 Å². The molecule has 1 atom stereocenters. The lowest BCUT2D eigenvalue weighted by Crippen LogP contribution is -2.43. The summed E-state index contributed by atoms with van der Waals surface area (Å²) >= 11 is 6.07. The second-order valence-corrected chi connectivity index (χ2v) is 4.42. The van der Waals surface area contributed by atoms with Crippen LogP contribution in [0.1, 0.15) is 18.4 Å². The van der Waals surface area contributed by atoms with Crippen LogP contribution in [0.4, 0.5) is 0 Å². The molecule has 0 aliphatic heterocycles. The fourth-order valence-corrected chi connectivity index (χ4v) is 2.32. The van der Waals surface area contributed by atoms with Gasteiger partial charge in [0.2, 0.25) is 0 Å². The highest BCUT2D eigenvalue weighted by atomic mass is 35.5. The Morgan fingerprint density at radius 3 is 2.88 bits per heavy atom. The number of nitrogens with two attached hydrogens (primary N) is 1. The van der Waals surface area contributed by atoms with E-state index in [9.17, 15) is 4.79 Å². The van der Waals surface area contributed by atoms with Crippen LogP contribution in [-0.2, 0) is 14.9 Å². The molecular formula is C11H13ClN2O2. The van der Waals surface area contributed by atoms with Gasteiger partial charge in [0.1, 0.15) is 6.04 Å². The number of aromatic nitrogens is 1. The molecule has 1 aliphatic rings. The zero-order chi connectivity index (χ0) is 11.8. The van der Waals surface area contributed by atoms with Crippen molar-refractivity contribution < 1.29 is 9.53 Å². The molecule has 1 heterocycles. The van der Waals surface area contributed by atoms with E-state index in [1.807, 2.05) is 6.07 Å². The molecular weight excluding hydrogens is 228 g/mol. The molecule has 2 rings (SSSR count). The molecule has 86 valence electrons. The van der Waals surface area contributed by atoms with E-state index >= 15 is 0 Å². The molecule has 0 spiro atoms. The summed E-state index contributed by atoms with van der Waals surface area (Å²) in [4.78, 5) is 15.4. The molecule has 1 aromatic rings. The van der Waals surface area contributed by atoms with Gasteiger partial charge in [-0.1, -0.05) is 11.6 Å². The quantitative estimate of drug-likeness (QED) is 0.808. The lowest BCUT2D eigenvalue weighted by atomic mass is 9.89. The van der Waals surface area contributed by atoms with Crippen molar-refractivity contribution in [3.8, 4) is 0 Å². The molecule has 0 amide bonds. The maximum absolute atomic E-state index is 11.5. The van der Waals surface area contributed by atoms with Gasteiger partial charge < -0.3 is 10.5 Å². The maximum Gasteiger partial charge on any atom is 0.323 e. The first-order chi connectivity index (χ1) is 7.62. The van der Waals surface area contributed by atoms with Crippen molar-refractivity contribution in [2.75, 3.05) is 7.11 Å². The number of carbonyl (C=O) groups excluding carboxylic acids is 1. The van der Waals surface area contributed by atoms with Crippen LogP contribution >= 0.6 is 11.6 Å². The van der Waals surface area contributed by atoms with E-state index in [0.717, 1.165) is 18.4 Å². The topological polar surface area (TPSA) is 65.2 Å². The number of rotatable bonds is 3. The smallest absolute Gasteiger partial charge is 0.323 e. The molecule has 0 bridgehead atoms. The van der Waals surface area contributed by atoms with Crippen molar-refractivity contribution in [2.24, 2.45) is 5.73 Å². The van der Waals surface area contributed by atoms with Crippen molar-refractivity contribution in [3.63, 3.8) is 0 Å². The van der Waals surface area contributed by atoms with Crippen LogP contribution in [0.15, 0.2) is 18.5 Å². The van der Waals surface area contributed by atoms with Crippen LogP contribution in [-0.4, -0.2) is 24.1 Å². The maximum atomic E-state index is 11.5. The molecule has 1 saturated carbocycles. The third kappa shape index (κ3) is 1.68. The van der Waals surface area contributed by atoms with Crippen LogP contribution in [0, 0.1) is 0 Å². The number of esters is 1. The highest BCUT2D eigenvalue weighted by molar-refractivity contribution is 6.31. The van der Waals surface area contributed by atoms with Gasteiger partial charge in [0.25, 0.3) is 0 Å². The molecule has 1 aliphatic carbocycles. The molecule has 0 aromatic carbocycles. The number of hydrogen-bond acceptors (Lipinski definition) is 4. The fraction of sp³-hybridized carbons (Fsp3) is 0.455. The predicted octanol–water partition coefficient (Wildman–Crippen LogP) is 1.27. The minimum atomic E-state index is -0.655. The number of carbonyl (C=O) groups is 1. The summed E-state index contributed by atoms with van der Waals surface area (Å²) in [5.41, 5.74) is 6.45. The minimum absolute atomic E-state index is 0.354. The van der Waals surface area contributed by atoms with Crippen LogP contribution < -0.4 is 5.73 Å². The van der Waals surface area contributed by atoms with Crippen molar-refractivity contribution in [1.29, 1.82) is 0 Å². The van der Waals surface area contributed by atoms with E-state index in [0.29, 0.717) is 5.02 Å². The highest BCUT2D eigenvalue weighted by Crippen LogP contribution is 2.52. The minimum Gasteiger partial charge on any atom is -0.468 e. The van der Waals surface area contributed by atoms with Gasteiger partial charge in [-0.2, -0.15) is 0 Å². The second-order valence-electron chi connectivity index (χ2n) is 4.01. The average molecular weight is 241 g/mol. The number of methoxy groups -OCH3 is 1. The van der Waals surface area contributed by atoms with Crippen LogP contribution in [0.25, 0.3) is 0 Å². The van der Waals surface area contributed by atoms with E-state index in [1.54, 1.807) is 12.4 Å². The van der Waals surface area contributed by atoms with Crippen molar-refractivity contribution in [3.05, 3.63) is 29.0 Å². The van der Waals surface area contributed by atoms with E-state index in [2.05, 4.69) is 9.72 Å². The Bertz CT molecular complexity index is 418. The third-order valence-electron chi connectivity index (χ3n) is 3.15. The first-order valence-electron chi connectivity index (χ1n) is 5.05. The van der Waals surface area contributed by atoms with Gasteiger partial charge in [-0.15, -0.1) is 0 Å². The number of hydrogen-bond donors (Lipinski definition) is 1. The molecule has 0 saturated heterocycles. The molecule has 1 fully saturated rings. The monoisotopic (exact) mass is 240 g/mol. The first-order valence-corrected chi connectivity index (χ1v) is 5.43. The lowest BCUT2D eigenvalue weighted by molar-refractivity contribution is -0.143. The summed E-state index contributed by atoms with van der Waals surface area (Å²) in [5, 5.41) is 0.555. The number of pyridine rings is 1. The van der Waals surface area contributed by atoms with Gasteiger partial charge in [0.15, 0.2) is 0 Å². The zero-order valence-corrected chi connectivity index (χ0v) is 9.70. The van der Waals surface area contributed by atoms with Crippen molar-refractivity contribution >= 4 is 17.6 Å². The van der Waals surface area contributed by atoms with E-state index in [-0.39, 0.29) is 5.41 Å². The largest absolute Gasteiger partial charge is 0.468 e. The molecule has 5 heteroatoms. The number of ether oxygens (including phenoxy) is 1. The van der Waals surface area contributed by atoms with E-state index in [1.165, 1.54) is 7.11 Å².